The zero-order valence-corrected chi connectivity index (χ0v) is 16.2. The fourth-order valence-electron chi connectivity index (χ4n) is 1.70. The highest BCUT2D eigenvalue weighted by molar-refractivity contribution is 9.10. The second-order valence-corrected chi connectivity index (χ2v) is 9.74. The molecule has 0 saturated heterocycles. The van der Waals surface area contributed by atoms with Crippen molar-refractivity contribution in [2.24, 2.45) is 0 Å². The van der Waals surface area contributed by atoms with E-state index in [1.54, 1.807) is 11.3 Å². The first-order valence-electron chi connectivity index (χ1n) is 6.31. The molecule has 0 amide bonds. The Morgan fingerprint density at radius 3 is 2.52 bits per heavy atom. The van der Waals surface area contributed by atoms with Crippen molar-refractivity contribution in [2.45, 2.75) is 29.6 Å². The third-order valence-electron chi connectivity index (χ3n) is 3.09. The summed E-state index contributed by atoms with van der Waals surface area (Å²) in [5, 5.41) is 0. The van der Waals surface area contributed by atoms with E-state index in [1.165, 1.54) is 23.9 Å². The topological polar surface area (TPSA) is 70.4 Å². The van der Waals surface area contributed by atoms with Crippen LogP contribution in [0.1, 0.15) is 21.7 Å². The molecule has 126 valence electrons. The minimum absolute atomic E-state index is 0.0320. The van der Waals surface area contributed by atoms with Crippen LogP contribution in [0.25, 0.3) is 0 Å². The number of thiazole rings is 1. The van der Waals surface area contributed by atoms with Crippen LogP contribution >= 0.6 is 46.6 Å². The van der Waals surface area contributed by atoms with Gasteiger partial charge in [-0.15, -0.1) is 11.3 Å². The van der Waals surface area contributed by atoms with E-state index in [-0.39, 0.29) is 4.47 Å². The third kappa shape index (κ3) is 4.21. The third-order valence-corrected chi connectivity index (χ3v) is 7.01. The van der Waals surface area contributed by atoms with Gasteiger partial charge in [0.05, 0.1) is 5.69 Å². The molecule has 10 heteroatoms. The quantitative estimate of drug-likeness (QED) is 0.500. The number of alkyl halides is 2. The lowest BCUT2D eigenvalue weighted by molar-refractivity contribution is 0.0557. The highest BCUT2D eigenvalue weighted by Crippen LogP contribution is 2.60. The second kappa shape index (κ2) is 6.90. The Balaban J connectivity index is 2.18. The van der Waals surface area contributed by atoms with E-state index >= 15 is 0 Å². The highest BCUT2D eigenvalue weighted by atomic mass is 79.9. The lowest BCUT2D eigenvalue weighted by atomic mass is 10.1. The summed E-state index contributed by atoms with van der Waals surface area (Å²) < 4.78 is 39.3. The van der Waals surface area contributed by atoms with Crippen molar-refractivity contribution in [3.8, 4) is 0 Å². The van der Waals surface area contributed by atoms with E-state index in [0.29, 0.717) is 5.75 Å². The summed E-state index contributed by atoms with van der Waals surface area (Å²) in [6, 6.07) is 3.92. The number of aryl methyl sites for hydroxylation is 2. The molecule has 1 heterocycles. The summed E-state index contributed by atoms with van der Waals surface area (Å²) in [6.45, 7) is 3.90. The fourth-order valence-corrected chi connectivity index (χ4v) is 5.13. The first kappa shape index (κ1) is 19.0. The molecule has 0 saturated carbocycles. The van der Waals surface area contributed by atoms with Crippen LogP contribution in [0.2, 0.25) is 0 Å². The number of halogens is 3. The van der Waals surface area contributed by atoms with Gasteiger partial charge in [-0.1, -0.05) is 39.8 Å². The Kier molecular flexibility index (Phi) is 5.70. The smallest absolute Gasteiger partial charge is 0.320 e. The molecule has 0 aliphatic rings. The Labute approximate surface area is 148 Å². The number of aromatic nitrogens is 1. The van der Waals surface area contributed by atoms with Crippen LogP contribution in [0, 0.1) is 13.8 Å². The number of hydrogen-bond donors (Lipinski definition) is 2. The van der Waals surface area contributed by atoms with Gasteiger partial charge in [0, 0.05) is 20.7 Å². The van der Waals surface area contributed by atoms with Crippen molar-refractivity contribution < 1.29 is 23.1 Å². The first-order chi connectivity index (χ1) is 10.5. The molecule has 0 spiro atoms. The molecule has 0 aliphatic carbocycles. The van der Waals surface area contributed by atoms with E-state index in [1.807, 2.05) is 13.8 Å². The van der Waals surface area contributed by atoms with E-state index in [9.17, 15) is 13.3 Å². The van der Waals surface area contributed by atoms with Crippen LogP contribution in [0.15, 0.2) is 27.0 Å². The normalized spacial score (nSPS) is 12.7. The molecule has 2 aromatic rings. The van der Waals surface area contributed by atoms with Crippen molar-refractivity contribution in [2.75, 3.05) is 0 Å². The zero-order valence-electron chi connectivity index (χ0n) is 12.1. The van der Waals surface area contributed by atoms with Gasteiger partial charge in [-0.2, -0.15) is 8.78 Å². The molecule has 2 N–H and O–H groups in total. The summed E-state index contributed by atoms with van der Waals surface area (Å²) in [5.74, 6) is 0.521. The largest absolute Gasteiger partial charge is 0.399 e. The van der Waals surface area contributed by atoms with Crippen LogP contribution in [0.3, 0.4) is 0 Å². The van der Waals surface area contributed by atoms with Gasteiger partial charge in [-0.05, 0) is 25.5 Å². The fraction of sp³-hybridized carbons (Fsp3) is 0.308. The number of hydrogen-bond acceptors (Lipinski definition) is 4. The predicted molar refractivity (Wildman–Crippen MR) is 91.2 cm³/mol. The van der Waals surface area contributed by atoms with E-state index < -0.39 is 18.8 Å². The summed E-state index contributed by atoms with van der Waals surface area (Å²) >= 11 is 6.02. The second-order valence-electron chi connectivity index (χ2n) is 4.81. The standard InChI is InChI=1S/C13H13BrF2NO3PS2/c1-7-8(2)23-12(17-7)22-6-9-3-4-10(11(14)5-9)13(15,16)21(18,19)20/h3-5H,6H2,1-2H3,(H2,18,19,20). The number of thioether (sulfide) groups is 1. The molecule has 0 unspecified atom stereocenters. The summed E-state index contributed by atoms with van der Waals surface area (Å²) in [5.41, 5.74) is -3.23. The molecular formula is C13H13BrF2NO3PS2. The van der Waals surface area contributed by atoms with Crippen molar-refractivity contribution in [3.63, 3.8) is 0 Å². The summed E-state index contributed by atoms with van der Waals surface area (Å²) in [4.78, 5) is 23.1. The predicted octanol–water partition coefficient (Wildman–Crippen LogP) is 5.04. The van der Waals surface area contributed by atoms with E-state index in [0.717, 1.165) is 26.5 Å². The molecule has 23 heavy (non-hydrogen) atoms. The van der Waals surface area contributed by atoms with Crippen LogP contribution in [0.4, 0.5) is 8.78 Å². The molecule has 0 atom stereocenters. The summed E-state index contributed by atoms with van der Waals surface area (Å²) in [7, 11) is -5.58. The monoisotopic (exact) mass is 443 g/mol. The molecular weight excluding hydrogens is 431 g/mol. The Morgan fingerprint density at radius 2 is 2.04 bits per heavy atom. The minimum atomic E-state index is -5.58. The zero-order chi connectivity index (χ0) is 17.4. The molecule has 1 aromatic heterocycles. The minimum Gasteiger partial charge on any atom is -0.320 e. The Bertz CT molecular complexity index is 759. The average Bonchev–Trinajstić information content (AvgIpc) is 2.74. The molecule has 0 aliphatic heterocycles. The van der Waals surface area contributed by atoms with E-state index in [4.69, 9.17) is 9.79 Å². The first-order valence-corrected chi connectivity index (χ1v) is 10.5. The van der Waals surface area contributed by atoms with Crippen molar-refractivity contribution in [3.05, 3.63) is 44.4 Å². The summed E-state index contributed by atoms with van der Waals surface area (Å²) in [6.07, 6.45) is 0. The average molecular weight is 444 g/mol. The lowest BCUT2D eigenvalue weighted by Crippen LogP contribution is -2.14. The molecule has 4 nitrogen and oxygen atoms in total. The van der Waals surface area contributed by atoms with Crippen LogP contribution in [0.5, 0.6) is 0 Å². The molecule has 1 aromatic carbocycles. The maximum Gasteiger partial charge on any atom is 0.399 e. The number of benzene rings is 1. The van der Waals surface area contributed by atoms with Crippen molar-refractivity contribution >= 4 is 46.6 Å². The number of rotatable bonds is 5. The van der Waals surface area contributed by atoms with Gasteiger partial charge in [0.15, 0.2) is 4.34 Å². The van der Waals surface area contributed by atoms with Crippen LogP contribution in [-0.4, -0.2) is 14.8 Å². The van der Waals surface area contributed by atoms with Gasteiger partial charge < -0.3 is 9.79 Å². The molecule has 2 rings (SSSR count). The van der Waals surface area contributed by atoms with Gasteiger partial charge in [0.25, 0.3) is 0 Å². The maximum atomic E-state index is 13.7. The molecule has 0 fully saturated rings. The highest BCUT2D eigenvalue weighted by Gasteiger charge is 2.51. The Morgan fingerprint density at radius 1 is 1.39 bits per heavy atom. The van der Waals surface area contributed by atoms with Gasteiger partial charge in [-0.3, -0.25) is 4.57 Å². The maximum absolute atomic E-state index is 13.7. The van der Waals surface area contributed by atoms with Crippen LogP contribution in [-0.2, 0) is 16.0 Å². The SMILES string of the molecule is Cc1nc(SCc2ccc(C(F)(F)P(=O)(O)O)c(Br)c2)sc1C. The van der Waals surface area contributed by atoms with Crippen molar-refractivity contribution in [1.29, 1.82) is 0 Å². The lowest BCUT2D eigenvalue weighted by Gasteiger charge is -2.19. The molecule has 0 bridgehead atoms. The Hall–Kier alpha value is -0.310. The number of nitrogens with zero attached hydrogens (tertiary/aromatic N) is 1. The van der Waals surface area contributed by atoms with E-state index in [2.05, 4.69) is 20.9 Å². The van der Waals surface area contributed by atoms with Crippen LogP contribution < -0.4 is 0 Å². The molecule has 0 radical (unpaired) electrons. The van der Waals surface area contributed by atoms with Crippen molar-refractivity contribution in [1.82, 2.24) is 4.98 Å². The van der Waals surface area contributed by atoms with Gasteiger partial charge in [0.2, 0.25) is 0 Å². The van der Waals surface area contributed by atoms with Gasteiger partial charge in [-0.25, -0.2) is 4.98 Å². The van der Waals surface area contributed by atoms with Gasteiger partial charge in [0.1, 0.15) is 0 Å². The van der Waals surface area contributed by atoms with Gasteiger partial charge >= 0.3 is 13.3 Å².